The van der Waals surface area contributed by atoms with Crippen LogP contribution in [0.1, 0.15) is 25.6 Å². The summed E-state index contributed by atoms with van der Waals surface area (Å²) in [5, 5.41) is 1.12. The van der Waals surface area contributed by atoms with Gasteiger partial charge in [-0.15, -0.1) is 0 Å². The van der Waals surface area contributed by atoms with Crippen LogP contribution in [-0.2, 0) is 17.8 Å². The van der Waals surface area contributed by atoms with E-state index in [4.69, 9.17) is 19.7 Å². The van der Waals surface area contributed by atoms with Crippen LogP contribution in [0.2, 0.25) is 0 Å². The maximum absolute atomic E-state index is 13.3. The maximum Gasteiger partial charge on any atom is 0.166 e. The van der Waals surface area contributed by atoms with Crippen molar-refractivity contribution < 1.29 is 9.13 Å². The van der Waals surface area contributed by atoms with Gasteiger partial charge < -0.3 is 19.2 Å². The van der Waals surface area contributed by atoms with Crippen LogP contribution in [-0.4, -0.2) is 99.0 Å². The molecule has 0 atom stereocenters. The number of nitrogens with one attached hydrogen (secondary N) is 1. The highest BCUT2D eigenvalue weighted by molar-refractivity contribution is 5.95. The predicted octanol–water partition coefficient (Wildman–Crippen LogP) is 3.45. The number of rotatable bonds is 6. The van der Waals surface area contributed by atoms with Gasteiger partial charge in [0, 0.05) is 74.5 Å². The highest BCUT2D eigenvalue weighted by atomic mass is 19.1. The first-order valence-electron chi connectivity index (χ1n) is 13.9. The largest absolute Gasteiger partial charge is 0.378 e. The van der Waals surface area contributed by atoms with E-state index < -0.39 is 6.17 Å². The highest BCUT2D eigenvalue weighted by Crippen LogP contribution is 2.32. The third kappa shape index (κ3) is 4.24. The van der Waals surface area contributed by atoms with Gasteiger partial charge in [0.1, 0.15) is 12.0 Å². The first-order chi connectivity index (χ1) is 18.7. The number of piperidine rings is 1. The molecule has 200 valence electrons. The minimum atomic E-state index is -0.631. The summed E-state index contributed by atoms with van der Waals surface area (Å²) in [6, 6.07) is 8.83. The van der Waals surface area contributed by atoms with Crippen molar-refractivity contribution in [3.05, 3.63) is 36.3 Å². The van der Waals surface area contributed by atoms with Crippen LogP contribution in [0.25, 0.3) is 33.5 Å². The molecule has 0 unspecified atom stereocenters. The molecule has 0 radical (unpaired) electrons. The van der Waals surface area contributed by atoms with E-state index in [1.165, 1.54) is 0 Å². The molecule has 0 spiro atoms. The SMILES string of the molecule is CCn1c(CN2CCC(N3CC(F)C3)CC2)nc2c(N3CCOCC3)nc(-c3cccc4[nH]ccc34)nc21. The average Bonchev–Trinajstić information content (AvgIpc) is 3.56. The van der Waals surface area contributed by atoms with Gasteiger partial charge >= 0.3 is 0 Å². The Kier molecular flexibility index (Phi) is 6.25. The number of aromatic amines is 1. The Bertz CT molecular complexity index is 1430. The molecule has 4 aromatic rings. The molecular weight excluding hydrogens is 483 g/mol. The van der Waals surface area contributed by atoms with Crippen LogP contribution in [0.15, 0.2) is 30.5 Å². The lowest BCUT2D eigenvalue weighted by Crippen LogP contribution is -2.56. The van der Waals surface area contributed by atoms with Crippen LogP contribution >= 0.6 is 0 Å². The molecule has 0 bridgehead atoms. The van der Waals surface area contributed by atoms with Crippen molar-refractivity contribution in [3.63, 3.8) is 0 Å². The maximum atomic E-state index is 13.3. The van der Waals surface area contributed by atoms with Gasteiger partial charge in [-0.2, -0.15) is 0 Å². The highest BCUT2D eigenvalue weighted by Gasteiger charge is 2.34. The summed E-state index contributed by atoms with van der Waals surface area (Å²) in [6.45, 7) is 9.93. The number of hydrogen-bond donors (Lipinski definition) is 1. The Hall–Kier alpha value is -3.08. The molecule has 3 aliphatic heterocycles. The second-order valence-electron chi connectivity index (χ2n) is 10.7. The molecule has 3 aromatic heterocycles. The molecule has 1 aromatic carbocycles. The van der Waals surface area contributed by atoms with Gasteiger partial charge in [-0.1, -0.05) is 12.1 Å². The zero-order chi connectivity index (χ0) is 25.6. The number of anilines is 1. The number of imidazole rings is 1. The lowest BCUT2D eigenvalue weighted by molar-refractivity contribution is 0.000836. The lowest BCUT2D eigenvalue weighted by Gasteiger charge is -2.44. The standard InChI is InChI=1S/C28H35FN8O/c1-2-37-24(18-34-10-7-20(8-11-34)36-16-19(29)17-36)31-25-27(35-12-14-38-15-13-35)32-26(33-28(25)37)22-4-3-5-23-21(22)6-9-30-23/h3-6,9,19-20,30H,2,7-8,10-18H2,1H3. The van der Waals surface area contributed by atoms with Crippen LogP contribution in [0.5, 0.6) is 0 Å². The van der Waals surface area contributed by atoms with Crippen molar-refractivity contribution >= 4 is 27.9 Å². The van der Waals surface area contributed by atoms with Crippen molar-refractivity contribution in [2.75, 3.05) is 57.4 Å². The zero-order valence-corrected chi connectivity index (χ0v) is 21.9. The average molecular weight is 519 g/mol. The number of likely N-dealkylation sites (tertiary alicyclic amines) is 2. The molecule has 7 rings (SSSR count). The number of alkyl halides is 1. The van der Waals surface area contributed by atoms with Gasteiger partial charge in [0.05, 0.1) is 19.8 Å². The van der Waals surface area contributed by atoms with Crippen LogP contribution in [0.4, 0.5) is 10.2 Å². The molecule has 6 heterocycles. The Morgan fingerprint density at radius 1 is 1.03 bits per heavy atom. The number of benzene rings is 1. The van der Waals surface area contributed by atoms with Crippen molar-refractivity contribution in [3.8, 4) is 11.4 Å². The van der Waals surface area contributed by atoms with E-state index in [0.717, 1.165) is 97.2 Å². The summed E-state index contributed by atoms with van der Waals surface area (Å²) in [5.41, 5.74) is 3.87. The van der Waals surface area contributed by atoms with Crippen molar-refractivity contribution in [2.45, 2.75) is 45.1 Å². The summed E-state index contributed by atoms with van der Waals surface area (Å²) in [6.07, 6.45) is 3.50. The number of fused-ring (bicyclic) bond motifs is 2. The normalized spacial score (nSPS) is 20.5. The van der Waals surface area contributed by atoms with Crippen molar-refractivity contribution in [1.82, 2.24) is 34.3 Å². The van der Waals surface area contributed by atoms with Crippen LogP contribution in [0, 0.1) is 0 Å². The summed E-state index contributed by atoms with van der Waals surface area (Å²) in [5.74, 6) is 2.66. The summed E-state index contributed by atoms with van der Waals surface area (Å²) in [4.78, 5) is 25.8. The van der Waals surface area contributed by atoms with Gasteiger partial charge in [0.2, 0.25) is 0 Å². The molecule has 0 saturated carbocycles. The van der Waals surface area contributed by atoms with E-state index >= 15 is 0 Å². The predicted molar refractivity (Wildman–Crippen MR) is 146 cm³/mol. The Morgan fingerprint density at radius 3 is 2.61 bits per heavy atom. The fourth-order valence-corrected chi connectivity index (χ4v) is 6.28. The smallest absolute Gasteiger partial charge is 0.166 e. The number of H-pyrrole nitrogens is 1. The summed E-state index contributed by atoms with van der Waals surface area (Å²) < 4.78 is 21.3. The van der Waals surface area contributed by atoms with E-state index in [1.807, 2.05) is 6.20 Å². The van der Waals surface area contributed by atoms with Gasteiger partial charge in [-0.25, -0.2) is 19.3 Å². The Balaban J connectivity index is 1.25. The first kappa shape index (κ1) is 24.0. The third-order valence-electron chi connectivity index (χ3n) is 8.42. The second-order valence-corrected chi connectivity index (χ2v) is 10.7. The third-order valence-corrected chi connectivity index (χ3v) is 8.42. The summed E-state index contributed by atoms with van der Waals surface area (Å²) >= 11 is 0. The molecule has 38 heavy (non-hydrogen) atoms. The zero-order valence-electron chi connectivity index (χ0n) is 21.9. The number of morpholine rings is 1. The molecule has 3 aliphatic rings. The summed E-state index contributed by atoms with van der Waals surface area (Å²) in [7, 11) is 0. The Labute approximate surface area is 221 Å². The van der Waals surface area contributed by atoms with Gasteiger partial charge in [0.15, 0.2) is 22.8 Å². The van der Waals surface area contributed by atoms with Gasteiger partial charge in [0.25, 0.3) is 0 Å². The quantitative estimate of drug-likeness (QED) is 0.419. The van der Waals surface area contributed by atoms with Gasteiger partial charge in [-0.3, -0.25) is 9.80 Å². The molecule has 10 heteroatoms. The molecule has 9 nitrogen and oxygen atoms in total. The topological polar surface area (TPSA) is 78.3 Å². The van der Waals surface area contributed by atoms with E-state index in [0.29, 0.717) is 32.3 Å². The first-order valence-corrected chi connectivity index (χ1v) is 13.9. The minimum absolute atomic E-state index is 0.515. The molecule has 0 aliphatic carbocycles. The van der Waals surface area contributed by atoms with E-state index in [2.05, 4.69) is 55.4 Å². The second kappa shape index (κ2) is 9.91. The van der Waals surface area contributed by atoms with Crippen molar-refractivity contribution in [1.29, 1.82) is 0 Å². The molecular formula is C28H35FN8O. The lowest BCUT2D eigenvalue weighted by atomic mass is 9.99. The fraction of sp³-hybridized carbons (Fsp3) is 0.536. The number of nitrogens with zero attached hydrogens (tertiary/aromatic N) is 7. The van der Waals surface area contributed by atoms with Gasteiger partial charge in [-0.05, 0) is 31.9 Å². The minimum Gasteiger partial charge on any atom is -0.378 e. The van der Waals surface area contributed by atoms with E-state index in [9.17, 15) is 4.39 Å². The number of aromatic nitrogens is 5. The van der Waals surface area contributed by atoms with E-state index in [1.54, 1.807) is 0 Å². The fourth-order valence-electron chi connectivity index (χ4n) is 6.28. The molecule has 3 fully saturated rings. The monoisotopic (exact) mass is 518 g/mol. The van der Waals surface area contributed by atoms with E-state index in [-0.39, 0.29) is 0 Å². The Morgan fingerprint density at radius 2 is 1.84 bits per heavy atom. The van der Waals surface area contributed by atoms with Crippen LogP contribution < -0.4 is 4.90 Å². The number of aryl methyl sites for hydroxylation is 1. The molecule has 1 N–H and O–H groups in total. The molecule has 3 saturated heterocycles. The number of halogens is 1. The number of ether oxygens (including phenoxy) is 1. The van der Waals surface area contributed by atoms with Crippen LogP contribution in [0.3, 0.4) is 0 Å². The number of hydrogen-bond acceptors (Lipinski definition) is 7. The molecule has 0 amide bonds. The van der Waals surface area contributed by atoms with Crippen molar-refractivity contribution in [2.24, 2.45) is 0 Å².